The summed E-state index contributed by atoms with van der Waals surface area (Å²) in [6.07, 6.45) is 2.32. The molecule has 0 spiro atoms. The van der Waals surface area contributed by atoms with Crippen LogP contribution in [0.5, 0.6) is 0 Å². The molecule has 7 heteroatoms. The van der Waals surface area contributed by atoms with Gasteiger partial charge in [-0.2, -0.15) is 0 Å². The summed E-state index contributed by atoms with van der Waals surface area (Å²) in [6, 6.07) is 0. The van der Waals surface area contributed by atoms with E-state index in [0.29, 0.717) is 37.2 Å². The molecule has 7 nitrogen and oxygen atoms in total. The summed E-state index contributed by atoms with van der Waals surface area (Å²) in [6.45, 7) is 5.70. The standard InChI is InChI=1S/C13H21N5O2/c1-3-8-18-11-10(12(19)16-13(18)20)17(4-2)9(15-11)6-5-7-14/h3-8,14H2,1-2H3,(H,16,19,20). The van der Waals surface area contributed by atoms with Gasteiger partial charge in [-0.15, -0.1) is 0 Å². The van der Waals surface area contributed by atoms with Gasteiger partial charge in [0.1, 0.15) is 5.82 Å². The zero-order valence-corrected chi connectivity index (χ0v) is 12.0. The highest BCUT2D eigenvalue weighted by molar-refractivity contribution is 5.70. The van der Waals surface area contributed by atoms with Crippen LogP contribution in [0.15, 0.2) is 9.59 Å². The van der Waals surface area contributed by atoms with E-state index in [1.807, 2.05) is 18.4 Å². The summed E-state index contributed by atoms with van der Waals surface area (Å²) in [5.74, 6) is 0.814. The number of nitrogens with zero attached hydrogens (tertiary/aromatic N) is 3. The Hall–Kier alpha value is -1.89. The fraction of sp³-hybridized carbons (Fsp3) is 0.615. The summed E-state index contributed by atoms with van der Waals surface area (Å²) in [4.78, 5) is 30.9. The van der Waals surface area contributed by atoms with E-state index in [1.165, 1.54) is 4.57 Å². The third-order valence-corrected chi connectivity index (χ3v) is 3.33. The summed E-state index contributed by atoms with van der Waals surface area (Å²) in [5, 5.41) is 0. The van der Waals surface area contributed by atoms with Gasteiger partial charge in [-0.25, -0.2) is 9.78 Å². The molecule has 3 N–H and O–H groups in total. The molecule has 0 saturated heterocycles. The van der Waals surface area contributed by atoms with Gasteiger partial charge in [-0.05, 0) is 26.3 Å². The summed E-state index contributed by atoms with van der Waals surface area (Å²) >= 11 is 0. The zero-order chi connectivity index (χ0) is 14.7. The van der Waals surface area contributed by atoms with Gasteiger partial charge >= 0.3 is 5.69 Å². The fourth-order valence-corrected chi connectivity index (χ4v) is 2.44. The molecule has 0 aliphatic carbocycles. The molecular weight excluding hydrogens is 258 g/mol. The van der Waals surface area contributed by atoms with E-state index in [0.717, 1.165) is 18.7 Å². The smallest absolute Gasteiger partial charge is 0.330 e. The lowest BCUT2D eigenvalue weighted by Crippen LogP contribution is -2.31. The van der Waals surface area contributed by atoms with Crippen molar-refractivity contribution in [2.45, 2.75) is 46.2 Å². The van der Waals surface area contributed by atoms with Crippen LogP contribution in [0.25, 0.3) is 11.2 Å². The van der Waals surface area contributed by atoms with Crippen LogP contribution in [-0.2, 0) is 19.5 Å². The molecule has 0 aromatic carbocycles. The number of aryl methyl sites for hydroxylation is 3. The highest BCUT2D eigenvalue weighted by atomic mass is 16.2. The van der Waals surface area contributed by atoms with Crippen LogP contribution in [0, 0.1) is 0 Å². The van der Waals surface area contributed by atoms with Gasteiger partial charge in [0.25, 0.3) is 5.56 Å². The molecule has 20 heavy (non-hydrogen) atoms. The lowest BCUT2D eigenvalue weighted by Gasteiger charge is -2.05. The summed E-state index contributed by atoms with van der Waals surface area (Å²) < 4.78 is 3.41. The average Bonchev–Trinajstić information content (AvgIpc) is 2.79. The van der Waals surface area contributed by atoms with Crippen LogP contribution in [0.1, 0.15) is 32.5 Å². The van der Waals surface area contributed by atoms with E-state index in [4.69, 9.17) is 5.73 Å². The minimum Gasteiger partial charge on any atom is -0.330 e. The monoisotopic (exact) mass is 279 g/mol. The molecule has 0 unspecified atom stereocenters. The second-order valence-electron chi connectivity index (χ2n) is 4.75. The third-order valence-electron chi connectivity index (χ3n) is 3.33. The first-order chi connectivity index (χ1) is 9.63. The second-order valence-corrected chi connectivity index (χ2v) is 4.75. The maximum Gasteiger partial charge on any atom is 0.330 e. The molecule has 110 valence electrons. The summed E-state index contributed by atoms with van der Waals surface area (Å²) in [5.41, 5.74) is 5.73. The van der Waals surface area contributed by atoms with Gasteiger partial charge in [0, 0.05) is 19.5 Å². The highest BCUT2D eigenvalue weighted by Crippen LogP contribution is 2.13. The molecule has 0 amide bonds. The van der Waals surface area contributed by atoms with Gasteiger partial charge in [-0.1, -0.05) is 6.92 Å². The number of H-pyrrole nitrogens is 1. The number of nitrogens with two attached hydrogens (primary N) is 1. The SMILES string of the molecule is CCCn1c(=O)[nH]c(=O)c2c1nc(CCCN)n2CC. The van der Waals surface area contributed by atoms with Crippen molar-refractivity contribution in [2.24, 2.45) is 5.73 Å². The van der Waals surface area contributed by atoms with Crippen molar-refractivity contribution in [1.29, 1.82) is 0 Å². The molecule has 0 atom stereocenters. The molecular formula is C13H21N5O2. The first-order valence-corrected chi connectivity index (χ1v) is 7.06. The molecule has 0 aliphatic rings. The first kappa shape index (κ1) is 14.5. The van der Waals surface area contributed by atoms with E-state index in [-0.39, 0.29) is 5.56 Å². The molecule has 2 rings (SSSR count). The quantitative estimate of drug-likeness (QED) is 0.789. The van der Waals surface area contributed by atoms with Crippen LogP contribution in [0.3, 0.4) is 0 Å². The molecule has 2 aromatic rings. The second kappa shape index (κ2) is 6.04. The van der Waals surface area contributed by atoms with E-state index in [1.54, 1.807) is 0 Å². The Balaban J connectivity index is 2.74. The Kier molecular flexibility index (Phi) is 4.39. The molecule has 2 heterocycles. The van der Waals surface area contributed by atoms with Crippen molar-refractivity contribution in [3.8, 4) is 0 Å². The average molecular weight is 279 g/mol. The molecule has 0 saturated carbocycles. The number of hydrogen-bond donors (Lipinski definition) is 2. The lowest BCUT2D eigenvalue weighted by molar-refractivity contribution is 0.651. The normalized spacial score (nSPS) is 11.3. The molecule has 0 fully saturated rings. The van der Waals surface area contributed by atoms with Gasteiger partial charge in [0.05, 0.1) is 0 Å². The van der Waals surface area contributed by atoms with Crippen molar-refractivity contribution in [1.82, 2.24) is 19.1 Å². The number of nitrogens with one attached hydrogen (secondary N) is 1. The van der Waals surface area contributed by atoms with Crippen molar-refractivity contribution in [3.05, 3.63) is 26.7 Å². The van der Waals surface area contributed by atoms with Gasteiger partial charge in [0.15, 0.2) is 11.2 Å². The first-order valence-electron chi connectivity index (χ1n) is 7.06. The Bertz CT molecular complexity index is 710. The highest BCUT2D eigenvalue weighted by Gasteiger charge is 2.16. The molecule has 0 bridgehead atoms. The lowest BCUT2D eigenvalue weighted by atomic mass is 10.3. The minimum absolute atomic E-state index is 0.370. The Labute approximate surface area is 116 Å². The van der Waals surface area contributed by atoms with E-state index >= 15 is 0 Å². The molecule has 0 aliphatic heterocycles. The topological polar surface area (TPSA) is 98.7 Å². The van der Waals surface area contributed by atoms with Crippen molar-refractivity contribution >= 4 is 11.2 Å². The van der Waals surface area contributed by atoms with Gasteiger partial charge in [-0.3, -0.25) is 14.3 Å². The van der Waals surface area contributed by atoms with Crippen LogP contribution < -0.4 is 17.0 Å². The Morgan fingerprint density at radius 2 is 2.00 bits per heavy atom. The van der Waals surface area contributed by atoms with E-state index in [2.05, 4.69) is 9.97 Å². The number of hydrogen-bond acceptors (Lipinski definition) is 4. The van der Waals surface area contributed by atoms with E-state index < -0.39 is 5.69 Å². The van der Waals surface area contributed by atoms with Gasteiger partial charge in [0.2, 0.25) is 0 Å². The van der Waals surface area contributed by atoms with Crippen LogP contribution >= 0.6 is 0 Å². The van der Waals surface area contributed by atoms with Crippen molar-refractivity contribution < 1.29 is 0 Å². The van der Waals surface area contributed by atoms with Crippen molar-refractivity contribution in [2.75, 3.05) is 6.54 Å². The number of aromatic nitrogens is 4. The molecule has 0 radical (unpaired) electrons. The Morgan fingerprint density at radius 3 is 2.60 bits per heavy atom. The van der Waals surface area contributed by atoms with Crippen LogP contribution in [0.4, 0.5) is 0 Å². The summed E-state index contributed by atoms with van der Waals surface area (Å²) in [7, 11) is 0. The largest absolute Gasteiger partial charge is 0.330 e. The number of rotatable bonds is 6. The Morgan fingerprint density at radius 1 is 1.25 bits per heavy atom. The number of fused-ring (bicyclic) bond motifs is 1. The predicted molar refractivity (Wildman–Crippen MR) is 78.0 cm³/mol. The zero-order valence-electron chi connectivity index (χ0n) is 12.0. The molecule has 2 aromatic heterocycles. The number of aromatic amines is 1. The number of imidazole rings is 1. The fourth-order valence-electron chi connectivity index (χ4n) is 2.44. The maximum absolute atomic E-state index is 12.1. The van der Waals surface area contributed by atoms with Crippen molar-refractivity contribution in [3.63, 3.8) is 0 Å². The predicted octanol–water partition coefficient (Wildman–Crippen LogP) is 0.208. The third kappa shape index (κ3) is 2.40. The van der Waals surface area contributed by atoms with Crippen LogP contribution in [0.2, 0.25) is 0 Å². The maximum atomic E-state index is 12.1. The van der Waals surface area contributed by atoms with Gasteiger partial charge < -0.3 is 10.3 Å². The van der Waals surface area contributed by atoms with Crippen LogP contribution in [-0.4, -0.2) is 25.6 Å². The van der Waals surface area contributed by atoms with E-state index in [9.17, 15) is 9.59 Å². The minimum atomic E-state index is -0.393.